The van der Waals surface area contributed by atoms with E-state index >= 15 is 0 Å². The van der Waals surface area contributed by atoms with E-state index in [0.717, 1.165) is 12.1 Å². The lowest BCUT2D eigenvalue weighted by Crippen LogP contribution is -1.93. The van der Waals surface area contributed by atoms with Crippen LogP contribution >= 0.6 is 12.2 Å². The van der Waals surface area contributed by atoms with Gasteiger partial charge in [0.1, 0.15) is 11.4 Å². The van der Waals surface area contributed by atoms with Crippen LogP contribution in [-0.2, 0) is 0 Å². The normalized spacial score (nSPS) is 10.3. The summed E-state index contributed by atoms with van der Waals surface area (Å²) in [6.45, 7) is 0. The molecule has 82 valence electrons. The first-order chi connectivity index (χ1) is 7.58. The van der Waals surface area contributed by atoms with E-state index in [-0.39, 0.29) is 16.3 Å². The van der Waals surface area contributed by atoms with Crippen molar-refractivity contribution in [2.75, 3.05) is 0 Å². The maximum atomic E-state index is 12.8. The molecule has 1 heterocycles. The van der Waals surface area contributed by atoms with Gasteiger partial charge < -0.3 is 4.42 Å². The lowest BCUT2D eigenvalue weighted by Gasteiger charge is -1.97. The van der Waals surface area contributed by atoms with Crippen molar-refractivity contribution >= 4 is 17.9 Å². The molecule has 0 atom stereocenters. The number of aromatic nitrogens is 2. The molecule has 6 nitrogen and oxygen atoms in total. The number of benzene rings is 1. The van der Waals surface area contributed by atoms with Gasteiger partial charge in [0.2, 0.25) is 0 Å². The third-order valence-corrected chi connectivity index (χ3v) is 2.00. The quantitative estimate of drug-likeness (QED) is 0.496. The van der Waals surface area contributed by atoms with Crippen LogP contribution in [-0.4, -0.2) is 15.1 Å². The highest BCUT2D eigenvalue weighted by molar-refractivity contribution is 7.71. The van der Waals surface area contributed by atoms with Gasteiger partial charge in [-0.2, -0.15) is 0 Å². The first-order valence-corrected chi connectivity index (χ1v) is 4.48. The number of nitro groups is 1. The molecular weight excluding hydrogens is 237 g/mol. The van der Waals surface area contributed by atoms with Gasteiger partial charge in [-0.1, -0.05) is 0 Å². The minimum atomic E-state index is -0.717. The predicted molar refractivity (Wildman–Crippen MR) is 53.7 cm³/mol. The molecule has 0 spiro atoms. The van der Waals surface area contributed by atoms with E-state index < -0.39 is 16.4 Å². The summed E-state index contributed by atoms with van der Waals surface area (Å²) in [6, 6.07) is 3.08. The fourth-order valence-electron chi connectivity index (χ4n) is 1.18. The van der Waals surface area contributed by atoms with Gasteiger partial charge >= 0.3 is 0 Å². The standard InChI is InChI=1S/C8H4FN3O3S/c9-4-1-2-5(6(3-4)12(13)14)7-10-11-8(16)15-7/h1-3H,(H,11,16). The SMILES string of the molecule is O=[N+]([O-])c1cc(F)ccc1-c1n[nH]c(=S)o1. The number of nitrogens with zero attached hydrogens (tertiary/aromatic N) is 2. The summed E-state index contributed by atoms with van der Waals surface area (Å²) >= 11 is 4.64. The summed E-state index contributed by atoms with van der Waals surface area (Å²) in [6.07, 6.45) is 0. The van der Waals surface area contributed by atoms with Crippen molar-refractivity contribution in [3.63, 3.8) is 0 Å². The van der Waals surface area contributed by atoms with Gasteiger partial charge in [-0.05, 0) is 24.4 Å². The highest BCUT2D eigenvalue weighted by Gasteiger charge is 2.19. The zero-order valence-corrected chi connectivity index (χ0v) is 8.45. The fourth-order valence-corrected chi connectivity index (χ4v) is 1.31. The average Bonchev–Trinajstić information content (AvgIpc) is 2.64. The Morgan fingerprint density at radius 2 is 2.31 bits per heavy atom. The molecule has 0 aliphatic rings. The Hall–Kier alpha value is -2.09. The van der Waals surface area contributed by atoms with Crippen LogP contribution in [0.1, 0.15) is 0 Å². The molecule has 0 fully saturated rings. The predicted octanol–water partition coefficient (Wildman–Crippen LogP) is 2.45. The van der Waals surface area contributed by atoms with Crippen molar-refractivity contribution in [2.24, 2.45) is 0 Å². The number of rotatable bonds is 2. The maximum Gasteiger partial charge on any atom is 0.285 e. The number of nitrogens with one attached hydrogen (secondary N) is 1. The number of hydrogen-bond acceptors (Lipinski definition) is 5. The number of halogens is 1. The molecular formula is C8H4FN3O3S. The van der Waals surface area contributed by atoms with Crippen molar-refractivity contribution in [3.05, 3.63) is 39.0 Å². The van der Waals surface area contributed by atoms with E-state index in [1.807, 2.05) is 0 Å². The highest BCUT2D eigenvalue weighted by atomic mass is 32.1. The lowest BCUT2D eigenvalue weighted by molar-refractivity contribution is -0.384. The van der Waals surface area contributed by atoms with Crippen LogP contribution in [0.4, 0.5) is 10.1 Å². The topological polar surface area (TPSA) is 85.0 Å². The van der Waals surface area contributed by atoms with Crippen molar-refractivity contribution in [2.45, 2.75) is 0 Å². The molecule has 0 saturated heterocycles. The van der Waals surface area contributed by atoms with Gasteiger partial charge in [0.05, 0.1) is 11.0 Å². The number of H-pyrrole nitrogens is 1. The summed E-state index contributed by atoms with van der Waals surface area (Å²) in [5, 5.41) is 16.7. The molecule has 0 amide bonds. The minimum absolute atomic E-state index is 0.00590. The third-order valence-electron chi connectivity index (χ3n) is 1.82. The Bertz CT molecular complexity index is 607. The molecule has 0 unspecified atom stereocenters. The second-order valence-electron chi connectivity index (χ2n) is 2.84. The highest BCUT2D eigenvalue weighted by Crippen LogP contribution is 2.28. The second-order valence-corrected chi connectivity index (χ2v) is 3.21. The van der Waals surface area contributed by atoms with E-state index in [0.29, 0.717) is 0 Å². The Morgan fingerprint density at radius 3 is 2.88 bits per heavy atom. The van der Waals surface area contributed by atoms with Gasteiger partial charge in [-0.25, -0.2) is 9.49 Å². The summed E-state index contributed by atoms with van der Waals surface area (Å²) in [5.74, 6) is -0.749. The van der Waals surface area contributed by atoms with E-state index in [2.05, 4.69) is 22.4 Å². The van der Waals surface area contributed by atoms with E-state index in [1.165, 1.54) is 6.07 Å². The molecule has 0 bridgehead atoms. The number of aromatic amines is 1. The Kier molecular flexibility index (Phi) is 2.49. The van der Waals surface area contributed by atoms with Crippen LogP contribution in [0.2, 0.25) is 0 Å². The number of nitro benzene ring substituents is 1. The lowest BCUT2D eigenvalue weighted by atomic mass is 10.2. The van der Waals surface area contributed by atoms with Gasteiger partial charge in [-0.15, -0.1) is 5.10 Å². The smallest absolute Gasteiger partial charge is 0.285 e. The summed E-state index contributed by atoms with van der Waals surface area (Å²) in [4.78, 5) is 9.96. The van der Waals surface area contributed by atoms with Crippen molar-refractivity contribution in [3.8, 4) is 11.5 Å². The molecule has 1 aromatic heterocycles. The molecule has 0 aliphatic carbocycles. The van der Waals surface area contributed by atoms with Crippen LogP contribution < -0.4 is 0 Å². The third kappa shape index (κ3) is 1.82. The summed E-state index contributed by atoms with van der Waals surface area (Å²) < 4.78 is 17.8. The summed E-state index contributed by atoms with van der Waals surface area (Å²) in [5.41, 5.74) is -0.357. The molecule has 2 rings (SSSR count). The Labute approximate surface area is 92.9 Å². The van der Waals surface area contributed by atoms with Crippen LogP contribution in [0.15, 0.2) is 22.6 Å². The zero-order chi connectivity index (χ0) is 11.7. The van der Waals surface area contributed by atoms with Crippen LogP contribution in [0.25, 0.3) is 11.5 Å². The van der Waals surface area contributed by atoms with Gasteiger partial charge in [0, 0.05) is 0 Å². The van der Waals surface area contributed by atoms with Crippen molar-refractivity contribution < 1.29 is 13.7 Å². The van der Waals surface area contributed by atoms with E-state index in [1.54, 1.807) is 0 Å². The Balaban J connectivity index is 2.64. The van der Waals surface area contributed by atoms with Gasteiger partial charge in [0.25, 0.3) is 16.4 Å². The fraction of sp³-hybridized carbons (Fsp3) is 0. The van der Waals surface area contributed by atoms with Crippen LogP contribution in [0.3, 0.4) is 0 Å². The van der Waals surface area contributed by atoms with Crippen molar-refractivity contribution in [1.82, 2.24) is 10.2 Å². The largest absolute Gasteiger partial charge is 0.409 e. The molecule has 8 heteroatoms. The maximum absolute atomic E-state index is 12.8. The average molecular weight is 241 g/mol. The monoisotopic (exact) mass is 241 g/mol. The van der Waals surface area contributed by atoms with E-state index in [9.17, 15) is 14.5 Å². The molecule has 16 heavy (non-hydrogen) atoms. The molecule has 2 aromatic rings. The molecule has 1 aromatic carbocycles. The van der Waals surface area contributed by atoms with Gasteiger partial charge in [0.15, 0.2) is 0 Å². The summed E-state index contributed by atoms with van der Waals surface area (Å²) in [7, 11) is 0. The molecule has 1 N–H and O–H groups in total. The number of hydrogen-bond donors (Lipinski definition) is 1. The molecule has 0 radical (unpaired) electrons. The first kappa shape index (κ1) is 10.4. The van der Waals surface area contributed by atoms with Crippen LogP contribution in [0, 0.1) is 20.8 Å². The minimum Gasteiger partial charge on any atom is -0.409 e. The van der Waals surface area contributed by atoms with Crippen LogP contribution in [0.5, 0.6) is 0 Å². The molecule has 0 aliphatic heterocycles. The molecule has 0 saturated carbocycles. The van der Waals surface area contributed by atoms with E-state index in [4.69, 9.17) is 4.42 Å². The first-order valence-electron chi connectivity index (χ1n) is 4.08. The van der Waals surface area contributed by atoms with Crippen molar-refractivity contribution in [1.29, 1.82) is 0 Å². The zero-order valence-electron chi connectivity index (χ0n) is 7.64. The van der Waals surface area contributed by atoms with Gasteiger partial charge in [-0.3, -0.25) is 10.1 Å². The Morgan fingerprint density at radius 1 is 1.56 bits per heavy atom. The second kappa shape index (κ2) is 3.81.